The standard InChI is InChI=1S/C23H32N8O/c1-3-16-13-32-9-8-31(16)20-12-17(27-23(25-2)28-20)14-10-18(26-15-6-4-5-7-15)21-19(11-14)29-30-22(21)24/h10-12,15-16,26H,3-9,13H2,1-2H3,(H3,24,29,30)(H,25,27,28)/t16-/m1/s1. The van der Waals surface area contributed by atoms with Crippen LogP contribution in [-0.4, -0.2) is 59.1 Å². The van der Waals surface area contributed by atoms with Gasteiger partial charge in [-0.2, -0.15) is 10.1 Å². The summed E-state index contributed by atoms with van der Waals surface area (Å²) in [6.45, 7) is 4.44. The first-order valence-corrected chi connectivity index (χ1v) is 11.6. The molecule has 9 heteroatoms. The van der Waals surface area contributed by atoms with Gasteiger partial charge in [0.25, 0.3) is 0 Å². The number of hydrogen-bond acceptors (Lipinski definition) is 8. The lowest BCUT2D eigenvalue weighted by Gasteiger charge is -2.36. The molecule has 1 aromatic carbocycles. The molecule has 1 atom stereocenters. The van der Waals surface area contributed by atoms with Crippen molar-refractivity contribution < 1.29 is 4.74 Å². The van der Waals surface area contributed by atoms with Crippen LogP contribution in [0.4, 0.5) is 23.3 Å². The van der Waals surface area contributed by atoms with E-state index >= 15 is 0 Å². The van der Waals surface area contributed by atoms with Crippen LogP contribution in [0.15, 0.2) is 18.2 Å². The maximum Gasteiger partial charge on any atom is 0.224 e. The van der Waals surface area contributed by atoms with Crippen LogP contribution in [0.2, 0.25) is 0 Å². The Hall–Kier alpha value is -3.07. The monoisotopic (exact) mass is 436 g/mol. The number of H-pyrrole nitrogens is 1. The van der Waals surface area contributed by atoms with Crippen LogP contribution in [-0.2, 0) is 4.74 Å². The third-order valence-electron chi connectivity index (χ3n) is 6.63. The van der Waals surface area contributed by atoms with Crippen molar-refractivity contribution in [2.75, 3.05) is 48.1 Å². The van der Waals surface area contributed by atoms with Crippen molar-refractivity contribution in [3.05, 3.63) is 18.2 Å². The maximum atomic E-state index is 6.20. The molecule has 2 aromatic heterocycles. The number of aromatic nitrogens is 4. The van der Waals surface area contributed by atoms with Crippen molar-refractivity contribution in [2.24, 2.45) is 0 Å². The van der Waals surface area contributed by atoms with E-state index in [1.807, 2.05) is 7.05 Å². The van der Waals surface area contributed by atoms with Crippen LogP contribution in [0.1, 0.15) is 39.0 Å². The lowest BCUT2D eigenvalue weighted by atomic mass is 10.1. The van der Waals surface area contributed by atoms with Crippen LogP contribution in [0.5, 0.6) is 0 Å². The number of hydrogen-bond donors (Lipinski definition) is 4. The molecule has 5 rings (SSSR count). The molecule has 1 saturated heterocycles. The van der Waals surface area contributed by atoms with Gasteiger partial charge in [-0.15, -0.1) is 0 Å². The van der Waals surface area contributed by atoms with E-state index < -0.39 is 0 Å². The molecule has 9 nitrogen and oxygen atoms in total. The molecule has 3 aromatic rings. The quantitative estimate of drug-likeness (QED) is 0.463. The van der Waals surface area contributed by atoms with E-state index in [4.69, 9.17) is 20.4 Å². The molecule has 5 N–H and O–H groups in total. The highest BCUT2D eigenvalue weighted by Crippen LogP contribution is 2.36. The second-order valence-electron chi connectivity index (χ2n) is 8.70. The molecule has 32 heavy (non-hydrogen) atoms. The van der Waals surface area contributed by atoms with E-state index in [2.05, 4.69) is 50.9 Å². The smallest absolute Gasteiger partial charge is 0.224 e. The second kappa shape index (κ2) is 8.82. The molecule has 0 unspecified atom stereocenters. The first kappa shape index (κ1) is 20.8. The predicted octanol–water partition coefficient (Wildman–Crippen LogP) is 3.61. The average Bonchev–Trinajstić information content (AvgIpc) is 3.48. The molecule has 170 valence electrons. The SMILES string of the molecule is CC[C@@H]1COCCN1c1cc(-c2cc(NC3CCCC3)c3c(N)n[nH]c3c2)nc(NC)n1. The summed E-state index contributed by atoms with van der Waals surface area (Å²) in [7, 11) is 1.85. The topological polar surface area (TPSA) is 117 Å². The minimum atomic E-state index is 0.311. The minimum Gasteiger partial charge on any atom is -0.382 e. The second-order valence-corrected chi connectivity index (χ2v) is 8.70. The van der Waals surface area contributed by atoms with Gasteiger partial charge in [0.1, 0.15) is 5.82 Å². The fraction of sp³-hybridized carbons (Fsp3) is 0.522. The maximum absolute atomic E-state index is 6.20. The van der Waals surface area contributed by atoms with Crippen molar-refractivity contribution in [2.45, 2.75) is 51.1 Å². The van der Waals surface area contributed by atoms with Crippen molar-refractivity contribution in [3.63, 3.8) is 0 Å². The van der Waals surface area contributed by atoms with Crippen LogP contribution in [0.3, 0.4) is 0 Å². The van der Waals surface area contributed by atoms with E-state index in [1.54, 1.807) is 0 Å². The van der Waals surface area contributed by atoms with Crippen molar-refractivity contribution in [1.82, 2.24) is 20.2 Å². The summed E-state index contributed by atoms with van der Waals surface area (Å²) < 4.78 is 5.69. The number of benzene rings is 1. The van der Waals surface area contributed by atoms with Gasteiger partial charge in [-0.1, -0.05) is 19.8 Å². The predicted molar refractivity (Wildman–Crippen MR) is 129 cm³/mol. The van der Waals surface area contributed by atoms with E-state index in [-0.39, 0.29) is 0 Å². The molecule has 2 aliphatic rings. The Morgan fingerprint density at radius 2 is 2.06 bits per heavy atom. The number of ether oxygens (including phenoxy) is 1. The Bertz CT molecular complexity index is 1090. The lowest BCUT2D eigenvalue weighted by molar-refractivity contribution is 0.0926. The average molecular weight is 437 g/mol. The summed E-state index contributed by atoms with van der Waals surface area (Å²) in [5.74, 6) is 2.04. The number of rotatable bonds is 6. The number of morpholine rings is 1. The van der Waals surface area contributed by atoms with Crippen LogP contribution < -0.4 is 21.3 Å². The molecule has 1 saturated carbocycles. The molecular formula is C23H32N8O. The number of aromatic amines is 1. The van der Waals surface area contributed by atoms with Gasteiger partial charge in [0.2, 0.25) is 5.95 Å². The van der Waals surface area contributed by atoms with Crippen LogP contribution >= 0.6 is 0 Å². The molecule has 3 heterocycles. The molecule has 0 amide bonds. The summed E-state index contributed by atoms with van der Waals surface area (Å²) in [5, 5.41) is 15.1. The fourth-order valence-corrected chi connectivity index (χ4v) is 4.87. The zero-order chi connectivity index (χ0) is 22.1. The Labute approximate surface area is 188 Å². The highest BCUT2D eigenvalue weighted by Gasteiger charge is 2.24. The van der Waals surface area contributed by atoms with Gasteiger partial charge in [0.15, 0.2) is 5.82 Å². The lowest BCUT2D eigenvalue weighted by Crippen LogP contribution is -2.45. The largest absolute Gasteiger partial charge is 0.382 e. The summed E-state index contributed by atoms with van der Waals surface area (Å²) in [6.07, 6.45) is 5.89. The van der Waals surface area contributed by atoms with Crippen molar-refractivity contribution in [1.29, 1.82) is 0 Å². The Morgan fingerprint density at radius 1 is 1.22 bits per heavy atom. The summed E-state index contributed by atoms with van der Waals surface area (Å²) in [5.41, 5.74) is 9.99. The number of nitrogens with one attached hydrogen (secondary N) is 3. The molecule has 1 aliphatic heterocycles. The Kier molecular flexibility index (Phi) is 5.73. The van der Waals surface area contributed by atoms with E-state index in [0.29, 0.717) is 30.5 Å². The minimum absolute atomic E-state index is 0.311. The molecule has 2 fully saturated rings. The first-order valence-electron chi connectivity index (χ1n) is 11.6. The molecule has 0 bridgehead atoms. The summed E-state index contributed by atoms with van der Waals surface area (Å²) in [4.78, 5) is 11.9. The normalized spacial score (nSPS) is 19.6. The number of fused-ring (bicyclic) bond motifs is 1. The number of nitrogens with zero attached hydrogens (tertiary/aromatic N) is 4. The van der Waals surface area contributed by atoms with E-state index in [1.165, 1.54) is 25.7 Å². The summed E-state index contributed by atoms with van der Waals surface area (Å²) in [6, 6.07) is 7.07. The van der Waals surface area contributed by atoms with Crippen molar-refractivity contribution >= 4 is 34.2 Å². The van der Waals surface area contributed by atoms with Gasteiger partial charge in [0, 0.05) is 37.0 Å². The number of nitrogen functional groups attached to an aromatic ring is 1. The third-order valence-corrected chi connectivity index (χ3v) is 6.63. The van der Waals surface area contributed by atoms with E-state index in [9.17, 15) is 0 Å². The van der Waals surface area contributed by atoms with Crippen LogP contribution in [0, 0.1) is 0 Å². The van der Waals surface area contributed by atoms with Gasteiger partial charge in [-0.3, -0.25) is 5.10 Å². The molecule has 1 aliphatic carbocycles. The van der Waals surface area contributed by atoms with Gasteiger partial charge in [0.05, 0.1) is 35.9 Å². The van der Waals surface area contributed by atoms with Gasteiger partial charge >= 0.3 is 0 Å². The highest BCUT2D eigenvalue weighted by molar-refractivity contribution is 6.02. The third kappa shape index (κ3) is 3.92. The molecular weight excluding hydrogens is 404 g/mol. The van der Waals surface area contributed by atoms with Gasteiger partial charge < -0.3 is 26.0 Å². The number of nitrogens with two attached hydrogens (primary N) is 1. The Balaban J connectivity index is 1.58. The zero-order valence-electron chi connectivity index (χ0n) is 18.8. The van der Waals surface area contributed by atoms with E-state index in [0.717, 1.165) is 53.2 Å². The molecule has 0 radical (unpaired) electrons. The fourth-order valence-electron chi connectivity index (χ4n) is 4.87. The zero-order valence-corrected chi connectivity index (χ0v) is 18.8. The van der Waals surface area contributed by atoms with Crippen molar-refractivity contribution in [3.8, 4) is 11.3 Å². The Morgan fingerprint density at radius 3 is 2.84 bits per heavy atom. The first-order chi connectivity index (χ1) is 15.7. The highest BCUT2D eigenvalue weighted by atomic mass is 16.5. The molecule has 0 spiro atoms. The summed E-state index contributed by atoms with van der Waals surface area (Å²) >= 11 is 0. The number of anilines is 4. The van der Waals surface area contributed by atoms with Gasteiger partial charge in [-0.05, 0) is 31.4 Å². The van der Waals surface area contributed by atoms with Crippen LogP contribution in [0.25, 0.3) is 22.2 Å². The van der Waals surface area contributed by atoms with Gasteiger partial charge in [-0.25, -0.2) is 4.98 Å².